The van der Waals surface area contributed by atoms with E-state index in [1.165, 1.54) is 11.1 Å². The normalized spacial score (nSPS) is 12.6. The van der Waals surface area contributed by atoms with E-state index in [9.17, 15) is 13.0 Å². The average molecular weight is 393 g/mol. The van der Waals surface area contributed by atoms with Gasteiger partial charge in [-0.1, -0.05) is 53.7 Å². The third-order valence-corrected chi connectivity index (χ3v) is 6.09. The van der Waals surface area contributed by atoms with Gasteiger partial charge in [-0.05, 0) is 48.1 Å². The molecule has 0 unspecified atom stereocenters. The zero-order valence-electron chi connectivity index (χ0n) is 17.5. The van der Waals surface area contributed by atoms with Crippen LogP contribution >= 0.6 is 0 Å². The van der Waals surface area contributed by atoms with Crippen LogP contribution in [-0.2, 0) is 20.9 Å². The molecule has 4 nitrogen and oxygen atoms in total. The number of ether oxygens (including phenoxy) is 1. The summed E-state index contributed by atoms with van der Waals surface area (Å²) in [6.07, 6.45) is 2.94. The van der Waals surface area contributed by atoms with Crippen LogP contribution in [0.1, 0.15) is 78.4 Å². The van der Waals surface area contributed by atoms with E-state index in [2.05, 4.69) is 53.7 Å². The summed E-state index contributed by atoms with van der Waals surface area (Å²) in [5, 5.41) is 0. The fraction of sp³-hybridized carbons (Fsp3) is 0.700. The number of hydrogen-bond donors (Lipinski definition) is 0. The van der Waals surface area contributed by atoms with E-state index < -0.39 is 10.1 Å². The molecule has 0 aliphatic carbocycles. The minimum absolute atomic E-state index is 0. The van der Waals surface area contributed by atoms with Gasteiger partial charge in [-0.25, -0.2) is 8.42 Å². The van der Waals surface area contributed by atoms with Gasteiger partial charge in [0, 0.05) is 11.3 Å². The fourth-order valence-electron chi connectivity index (χ4n) is 2.56. The molecule has 144 valence electrons. The van der Waals surface area contributed by atoms with Crippen LogP contribution in [-0.4, -0.2) is 25.3 Å². The summed E-state index contributed by atoms with van der Waals surface area (Å²) in [5.41, 5.74) is 2.59. The first-order valence-electron chi connectivity index (χ1n) is 9.14. The summed E-state index contributed by atoms with van der Waals surface area (Å²) in [4.78, 5) is 0. The average Bonchev–Trinajstić information content (AvgIpc) is 2.53. The largest absolute Gasteiger partial charge is 1.00 e. The van der Waals surface area contributed by atoms with Crippen molar-refractivity contribution in [3.05, 3.63) is 29.3 Å². The Bertz CT molecular complexity index is 666. The maximum Gasteiger partial charge on any atom is 1.00 e. The molecule has 1 rings (SSSR count). The second-order valence-corrected chi connectivity index (χ2v) is 9.53. The van der Waals surface area contributed by atoms with Gasteiger partial charge >= 0.3 is 29.6 Å². The van der Waals surface area contributed by atoms with Crippen molar-refractivity contribution in [1.29, 1.82) is 0 Å². The van der Waals surface area contributed by atoms with E-state index in [1.807, 2.05) is 6.07 Å². The van der Waals surface area contributed by atoms with Crippen molar-refractivity contribution in [2.45, 2.75) is 78.1 Å². The van der Waals surface area contributed by atoms with Gasteiger partial charge in [0.1, 0.15) is 5.75 Å². The predicted octanol–water partition coefficient (Wildman–Crippen LogP) is 1.77. The van der Waals surface area contributed by atoms with Crippen LogP contribution in [0.5, 0.6) is 5.75 Å². The molecule has 0 fully saturated rings. The molecule has 0 bridgehead atoms. The molecule has 6 heteroatoms. The Kier molecular flexibility index (Phi) is 10.4. The van der Waals surface area contributed by atoms with Crippen LogP contribution in [0.4, 0.5) is 0 Å². The molecule has 0 amide bonds. The molecule has 0 aliphatic rings. The van der Waals surface area contributed by atoms with Gasteiger partial charge in [-0.3, -0.25) is 0 Å². The second-order valence-electron chi connectivity index (χ2n) is 8.00. The van der Waals surface area contributed by atoms with E-state index in [0.717, 1.165) is 18.6 Å². The topological polar surface area (TPSA) is 66.4 Å². The van der Waals surface area contributed by atoms with Crippen molar-refractivity contribution >= 4 is 10.1 Å². The Hall–Kier alpha value is -0.0700. The van der Waals surface area contributed by atoms with Crippen LogP contribution in [0.25, 0.3) is 0 Å². The Morgan fingerprint density at radius 2 is 1.58 bits per heavy atom. The molecule has 0 heterocycles. The maximum atomic E-state index is 10.7. The van der Waals surface area contributed by atoms with E-state index in [0.29, 0.717) is 19.4 Å². The first-order valence-corrected chi connectivity index (χ1v) is 10.7. The van der Waals surface area contributed by atoms with Crippen molar-refractivity contribution in [2.24, 2.45) is 0 Å². The maximum absolute atomic E-state index is 10.7. The van der Waals surface area contributed by atoms with Gasteiger partial charge in [-0.15, -0.1) is 0 Å². The number of rotatable bonds is 10. The van der Waals surface area contributed by atoms with Crippen LogP contribution in [0.2, 0.25) is 0 Å². The first-order chi connectivity index (χ1) is 11.4. The fourth-order valence-corrected chi connectivity index (χ4v) is 3.12. The summed E-state index contributed by atoms with van der Waals surface area (Å²) in [5.74, 6) is 0.528. The number of benzene rings is 1. The summed E-state index contributed by atoms with van der Waals surface area (Å²) in [6.45, 7) is 13.7. The molecule has 0 atom stereocenters. The second kappa shape index (κ2) is 10.5. The Morgan fingerprint density at radius 3 is 2.08 bits per heavy atom. The molecule has 0 spiro atoms. The number of hydrogen-bond acceptors (Lipinski definition) is 4. The molecule has 0 saturated heterocycles. The zero-order chi connectivity index (χ0) is 19.3. The van der Waals surface area contributed by atoms with E-state index in [-0.39, 0.29) is 46.1 Å². The molecular weight excluding hydrogens is 359 g/mol. The van der Waals surface area contributed by atoms with Crippen molar-refractivity contribution < 1.29 is 47.3 Å². The summed E-state index contributed by atoms with van der Waals surface area (Å²) >= 11 is 0. The monoisotopic (exact) mass is 392 g/mol. The number of unbranched alkanes of at least 4 members (excludes halogenated alkanes) is 1. The van der Waals surface area contributed by atoms with Crippen molar-refractivity contribution in [3.63, 3.8) is 0 Å². The first kappa shape index (κ1) is 25.9. The molecular formula is C20H33NaO4S. The van der Waals surface area contributed by atoms with Gasteiger partial charge in [-0.2, -0.15) is 0 Å². The molecule has 0 saturated carbocycles. The molecule has 0 N–H and O–H groups in total. The van der Waals surface area contributed by atoms with E-state index in [1.54, 1.807) is 0 Å². The quantitative estimate of drug-likeness (QED) is 0.346. The van der Waals surface area contributed by atoms with Crippen LogP contribution < -0.4 is 34.3 Å². The molecule has 1 aromatic rings. The van der Waals surface area contributed by atoms with Gasteiger partial charge in [0.2, 0.25) is 0 Å². The van der Waals surface area contributed by atoms with Crippen LogP contribution in [0.15, 0.2) is 18.2 Å². The SMILES string of the molecule is CCC(C)(C)c1ccc(OCCCCS(=O)(=O)[O-])c(C(C)(C)CC)c1.[Na+]. The third-order valence-electron chi connectivity index (χ3n) is 5.30. The third kappa shape index (κ3) is 7.89. The summed E-state index contributed by atoms with van der Waals surface area (Å²) in [6, 6.07) is 6.41. The Morgan fingerprint density at radius 1 is 1.00 bits per heavy atom. The summed E-state index contributed by atoms with van der Waals surface area (Å²) < 4.78 is 37.9. The van der Waals surface area contributed by atoms with Gasteiger partial charge in [0.25, 0.3) is 0 Å². The Balaban J connectivity index is 0.00000625. The Labute approximate surface area is 182 Å². The molecule has 0 radical (unpaired) electrons. The van der Waals surface area contributed by atoms with Gasteiger partial charge in [0.05, 0.1) is 16.7 Å². The van der Waals surface area contributed by atoms with Gasteiger partial charge < -0.3 is 9.29 Å². The van der Waals surface area contributed by atoms with E-state index in [4.69, 9.17) is 4.74 Å². The minimum Gasteiger partial charge on any atom is -0.748 e. The molecule has 26 heavy (non-hydrogen) atoms. The molecule has 0 aliphatic heterocycles. The van der Waals surface area contributed by atoms with Gasteiger partial charge in [0.15, 0.2) is 0 Å². The molecule has 1 aromatic carbocycles. The predicted molar refractivity (Wildman–Crippen MR) is 102 cm³/mol. The van der Waals surface area contributed by atoms with Crippen LogP contribution in [0, 0.1) is 0 Å². The summed E-state index contributed by atoms with van der Waals surface area (Å²) in [7, 11) is -4.14. The van der Waals surface area contributed by atoms with Crippen molar-refractivity contribution in [2.75, 3.05) is 12.4 Å². The van der Waals surface area contributed by atoms with E-state index >= 15 is 0 Å². The molecule has 0 aromatic heterocycles. The minimum atomic E-state index is -4.14. The standard InChI is InChI=1S/C20H34O4S.Na/c1-7-19(3,4)16-11-12-18(17(15-16)20(5,6)8-2)24-13-9-10-14-25(21,22)23;/h11-12,15H,7-10,13-14H2,1-6H3,(H,21,22,23);/q;+1/p-1. The van der Waals surface area contributed by atoms with Crippen LogP contribution in [0.3, 0.4) is 0 Å². The van der Waals surface area contributed by atoms with Crippen molar-refractivity contribution in [3.8, 4) is 5.75 Å². The smallest absolute Gasteiger partial charge is 0.748 e. The van der Waals surface area contributed by atoms with Crippen molar-refractivity contribution in [1.82, 2.24) is 0 Å². The zero-order valence-corrected chi connectivity index (χ0v) is 20.3.